The van der Waals surface area contributed by atoms with Crippen LogP contribution in [0, 0.1) is 0 Å². The van der Waals surface area contributed by atoms with Crippen LogP contribution >= 0.6 is 0 Å². The molecule has 2 bridgehead atoms. The lowest BCUT2D eigenvalue weighted by Gasteiger charge is -2.44. The van der Waals surface area contributed by atoms with Gasteiger partial charge in [0.05, 0.1) is 18.0 Å². The van der Waals surface area contributed by atoms with Gasteiger partial charge in [0.1, 0.15) is 6.04 Å². The summed E-state index contributed by atoms with van der Waals surface area (Å²) in [6.07, 6.45) is 4.53. The zero-order valence-electron chi connectivity index (χ0n) is 22.1. The van der Waals surface area contributed by atoms with Crippen molar-refractivity contribution in [3.63, 3.8) is 0 Å². The highest BCUT2D eigenvalue weighted by Gasteiger charge is 2.43. The Bertz CT molecular complexity index is 1030. The number of fused-ring (bicyclic) bond motifs is 8. The molecule has 10 heteroatoms. The molecule has 6 rings (SSSR count). The van der Waals surface area contributed by atoms with Crippen LogP contribution in [0.4, 0.5) is 0 Å². The van der Waals surface area contributed by atoms with E-state index >= 15 is 0 Å². The number of likely N-dealkylation sites (tertiary alicyclic amines) is 1. The van der Waals surface area contributed by atoms with Crippen LogP contribution < -0.4 is 16.4 Å². The Labute approximate surface area is 224 Å². The first-order valence-corrected chi connectivity index (χ1v) is 14.0. The van der Waals surface area contributed by atoms with Crippen LogP contribution in [-0.2, 0) is 25.7 Å². The summed E-state index contributed by atoms with van der Waals surface area (Å²) in [5.74, 6) is -1.26. The van der Waals surface area contributed by atoms with Crippen molar-refractivity contribution >= 4 is 23.6 Å². The lowest BCUT2D eigenvalue weighted by Crippen LogP contribution is -2.61. The molecule has 0 radical (unpaired) electrons. The minimum absolute atomic E-state index is 0.00774. The molecular weight excluding hydrogens is 484 g/mol. The number of piperidine rings is 2. The molecule has 4 amide bonds. The number of carbonyl (C=O) groups excluding carboxylic acids is 4. The van der Waals surface area contributed by atoms with Crippen LogP contribution in [0.2, 0.25) is 0 Å². The van der Waals surface area contributed by atoms with Crippen LogP contribution in [0.25, 0.3) is 0 Å². The smallest absolute Gasteiger partial charge is 0.240 e. The first-order chi connectivity index (χ1) is 18.3. The molecule has 1 spiro atoms. The van der Waals surface area contributed by atoms with Gasteiger partial charge < -0.3 is 21.3 Å². The van der Waals surface area contributed by atoms with Crippen molar-refractivity contribution in [2.24, 2.45) is 5.73 Å². The summed E-state index contributed by atoms with van der Waals surface area (Å²) < 4.78 is 0. The van der Waals surface area contributed by atoms with Crippen LogP contribution in [-0.4, -0.2) is 94.7 Å². The van der Waals surface area contributed by atoms with Crippen LogP contribution in [0.3, 0.4) is 0 Å². The van der Waals surface area contributed by atoms with Gasteiger partial charge in [-0.25, -0.2) is 0 Å². The molecule has 0 saturated carbocycles. The lowest BCUT2D eigenvalue weighted by molar-refractivity contribution is -0.136. The molecular formula is C28H40N6O4. The Balaban J connectivity index is 1.36. The molecule has 0 aromatic heterocycles. The van der Waals surface area contributed by atoms with Gasteiger partial charge in [-0.2, -0.15) is 0 Å². The standard InChI is InChI=1S/C28H40N6O4/c29-26(37)22-17-25(36)33-13-8-21(9-14-33)34-12-4-7-23(34)27(38)31-28(18-24(35)30-22)10-15-32(16-11-28)19-20-5-2-1-3-6-20/h1-3,5-6,21-23H,4,7-19H2,(H2,29,37)(H,30,35)(H,31,38)/t22-,23-/m0/s1. The van der Waals surface area contributed by atoms with Crippen molar-refractivity contribution < 1.29 is 19.2 Å². The van der Waals surface area contributed by atoms with Crippen molar-refractivity contribution in [1.82, 2.24) is 25.3 Å². The minimum atomic E-state index is -1.06. The second-order valence-corrected chi connectivity index (χ2v) is 11.4. The van der Waals surface area contributed by atoms with Crippen molar-refractivity contribution in [2.75, 3.05) is 32.7 Å². The molecule has 0 aliphatic carbocycles. The number of nitrogens with zero attached hydrogens (tertiary/aromatic N) is 3. The molecule has 38 heavy (non-hydrogen) atoms. The highest BCUT2D eigenvalue weighted by molar-refractivity contribution is 5.92. The van der Waals surface area contributed by atoms with E-state index in [-0.39, 0.29) is 42.6 Å². The molecule has 5 fully saturated rings. The van der Waals surface area contributed by atoms with Gasteiger partial charge in [-0.15, -0.1) is 0 Å². The zero-order chi connectivity index (χ0) is 26.7. The number of carbonyl (C=O) groups is 4. The van der Waals surface area contributed by atoms with Crippen molar-refractivity contribution in [2.45, 2.75) is 81.6 Å². The van der Waals surface area contributed by atoms with Gasteiger partial charge in [0.25, 0.3) is 0 Å². The second-order valence-electron chi connectivity index (χ2n) is 11.4. The molecule has 2 atom stereocenters. The van der Waals surface area contributed by atoms with Crippen LogP contribution in [0.5, 0.6) is 0 Å². The first kappa shape index (κ1) is 26.6. The number of nitrogens with one attached hydrogen (secondary N) is 2. The Kier molecular flexibility index (Phi) is 7.99. The summed E-state index contributed by atoms with van der Waals surface area (Å²) >= 11 is 0. The number of hydrogen-bond acceptors (Lipinski definition) is 6. The molecule has 4 N–H and O–H groups in total. The maximum absolute atomic E-state index is 13.7. The molecule has 0 unspecified atom stereocenters. The van der Waals surface area contributed by atoms with E-state index in [1.807, 2.05) is 18.2 Å². The van der Waals surface area contributed by atoms with E-state index in [1.54, 1.807) is 4.90 Å². The van der Waals surface area contributed by atoms with E-state index in [0.29, 0.717) is 25.9 Å². The normalized spacial score (nSPS) is 27.9. The SMILES string of the molecule is NC(=O)[C@@H]1CC(=O)N2CCC(CC2)N2CCC[C@H]2C(=O)NC2(CCN(Cc3ccccc3)CC2)CC(=O)N1. The zero-order valence-corrected chi connectivity index (χ0v) is 22.1. The van der Waals surface area contributed by atoms with E-state index in [4.69, 9.17) is 5.73 Å². The molecule has 5 heterocycles. The largest absolute Gasteiger partial charge is 0.368 e. The molecule has 1 aromatic carbocycles. The number of hydrogen-bond donors (Lipinski definition) is 3. The third-order valence-electron chi connectivity index (χ3n) is 8.89. The van der Waals surface area contributed by atoms with E-state index in [1.165, 1.54) is 5.56 Å². The third kappa shape index (κ3) is 6.02. The average molecular weight is 525 g/mol. The van der Waals surface area contributed by atoms with Gasteiger partial charge in [-0.05, 0) is 50.6 Å². The van der Waals surface area contributed by atoms with Crippen molar-refractivity contribution in [3.05, 3.63) is 35.9 Å². The predicted octanol–water partition coefficient (Wildman–Crippen LogP) is 0.357. The highest BCUT2D eigenvalue weighted by atomic mass is 16.2. The predicted molar refractivity (Wildman–Crippen MR) is 142 cm³/mol. The molecule has 5 aliphatic heterocycles. The number of nitrogens with two attached hydrogens (primary N) is 1. The van der Waals surface area contributed by atoms with Gasteiger partial charge in [0.15, 0.2) is 0 Å². The molecule has 1 aromatic rings. The Morgan fingerprint density at radius 2 is 1.68 bits per heavy atom. The molecule has 10 nitrogen and oxygen atoms in total. The molecule has 5 saturated heterocycles. The fourth-order valence-electron chi connectivity index (χ4n) is 6.71. The summed E-state index contributed by atoms with van der Waals surface area (Å²) in [4.78, 5) is 58.6. The number of rotatable bonds is 3. The number of amides is 4. The second kappa shape index (κ2) is 11.4. The first-order valence-electron chi connectivity index (χ1n) is 14.0. The van der Waals surface area contributed by atoms with Gasteiger partial charge >= 0.3 is 0 Å². The monoisotopic (exact) mass is 524 g/mol. The van der Waals surface area contributed by atoms with Gasteiger partial charge in [0, 0.05) is 45.2 Å². The Hall–Kier alpha value is -2.98. The van der Waals surface area contributed by atoms with Crippen molar-refractivity contribution in [3.8, 4) is 0 Å². The van der Waals surface area contributed by atoms with Crippen LogP contribution in [0.1, 0.15) is 56.9 Å². The molecule has 5 aliphatic rings. The maximum atomic E-state index is 13.7. The minimum Gasteiger partial charge on any atom is -0.368 e. The fraction of sp³-hybridized carbons (Fsp3) is 0.643. The fourth-order valence-corrected chi connectivity index (χ4v) is 6.71. The third-order valence-corrected chi connectivity index (χ3v) is 8.89. The Morgan fingerprint density at radius 1 is 0.974 bits per heavy atom. The summed E-state index contributed by atoms with van der Waals surface area (Å²) in [6, 6.07) is 9.24. The van der Waals surface area contributed by atoms with Crippen molar-refractivity contribution in [1.29, 1.82) is 0 Å². The summed E-state index contributed by atoms with van der Waals surface area (Å²) in [7, 11) is 0. The quantitative estimate of drug-likeness (QED) is 0.524. The van der Waals surface area contributed by atoms with Gasteiger partial charge in [0.2, 0.25) is 23.6 Å². The van der Waals surface area contributed by atoms with Gasteiger partial charge in [-0.1, -0.05) is 30.3 Å². The topological polar surface area (TPSA) is 128 Å². The highest BCUT2D eigenvalue weighted by Crippen LogP contribution is 2.31. The summed E-state index contributed by atoms with van der Waals surface area (Å²) in [5.41, 5.74) is 6.11. The van der Waals surface area contributed by atoms with E-state index in [9.17, 15) is 19.2 Å². The van der Waals surface area contributed by atoms with Gasteiger partial charge in [-0.3, -0.25) is 29.0 Å². The van der Waals surface area contributed by atoms with Crippen LogP contribution in [0.15, 0.2) is 30.3 Å². The summed E-state index contributed by atoms with van der Waals surface area (Å²) in [5, 5.41) is 6.06. The van der Waals surface area contributed by atoms with E-state index in [2.05, 4.69) is 32.6 Å². The van der Waals surface area contributed by atoms with E-state index < -0.39 is 17.5 Å². The average Bonchev–Trinajstić information content (AvgIpc) is 3.40. The maximum Gasteiger partial charge on any atom is 0.240 e. The number of primary amides is 1. The van der Waals surface area contributed by atoms with E-state index in [0.717, 1.165) is 51.9 Å². The number of benzene rings is 1. The lowest BCUT2D eigenvalue weighted by atomic mass is 9.83. The Morgan fingerprint density at radius 3 is 2.37 bits per heavy atom. The molecule has 206 valence electrons. The summed E-state index contributed by atoms with van der Waals surface area (Å²) in [6.45, 7) is 4.33.